The van der Waals surface area contributed by atoms with Crippen molar-refractivity contribution in [2.24, 2.45) is 5.73 Å². The van der Waals surface area contributed by atoms with Crippen molar-refractivity contribution in [3.63, 3.8) is 0 Å². The van der Waals surface area contributed by atoms with E-state index in [1.165, 1.54) is 0 Å². The minimum absolute atomic E-state index is 0.0163. The van der Waals surface area contributed by atoms with Gasteiger partial charge in [-0.1, -0.05) is 30.3 Å². The van der Waals surface area contributed by atoms with Crippen molar-refractivity contribution in [2.75, 3.05) is 19.6 Å². The van der Waals surface area contributed by atoms with Crippen LogP contribution in [0, 0.1) is 0 Å². The van der Waals surface area contributed by atoms with E-state index in [2.05, 4.69) is 30.2 Å². The highest BCUT2D eigenvalue weighted by atomic mass is 16.3. The summed E-state index contributed by atoms with van der Waals surface area (Å²) < 4.78 is 0. The Bertz CT molecular complexity index is 834. The molecule has 0 saturated carbocycles. The zero-order valence-corrected chi connectivity index (χ0v) is 16.6. The third-order valence-corrected chi connectivity index (χ3v) is 5.56. The number of phenols is 1. The molecule has 2 aromatic carbocycles. The number of benzene rings is 2. The average molecular weight is 380 g/mol. The van der Waals surface area contributed by atoms with Gasteiger partial charge in [0.25, 0.3) is 0 Å². The Morgan fingerprint density at radius 3 is 2.50 bits per heavy atom. The lowest BCUT2D eigenvalue weighted by Crippen LogP contribution is -2.57. The number of nitrogens with zero attached hydrogens (tertiary/aromatic N) is 2. The molecule has 1 aliphatic heterocycles. The van der Waals surface area contributed by atoms with Crippen molar-refractivity contribution in [3.05, 3.63) is 77.9 Å². The first-order chi connectivity index (χ1) is 13.4. The van der Waals surface area contributed by atoms with Crippen LogP contribution in [0.25, 0.3) is 0 Å². The van der Waals surface area contributed by atoms with E-state index < -0.39 is 5.91 Å². The minimum Gasteiger partial charge on any atom is -0.508 e. The Balaban J connectivity index is 1.99. The topological polar surface area (TPSA) is 69.8 Å². The first kappa shape index (κ1) is 20.1. The number of amides is 1. The largest absolute Gasteiger partial charge is 0.508 e. The predicted octanol–water partition coefficient (Wildman–Crippen LogP) is 3.16. The molecular formula is C23H29N3O2. The van der Waals surface area contributed by atoms with Crippen molar-refractivity contribution in [3.8, 4) is 5.75 Å². The molecule has 2 aromatic rings. The molecule has 3 rings (SSSR count). The maximum Gasteiger partial charge on any atom is 0.248 e. The fraction of sp³-hybridized carbons (Fsp3) is 0.348. The Labute approximate surface area is 167 Å². The lowest BCUT2D eigenvalue weighted by Gasteiger charge is -2.47. The molecule has 0 aromatic heterocycles. The number of piperazine rings is 1. The minimum atomic E-state index is -0.430. The third kappa shape index (κ3) is 4.26. The highest BCUT2D eigenvalue weighted by Crippen LogP contribution is 2.34. The zero-order valence-electron chi connectivity index (χ0n) is 16.6. The molecule has 148 valence electrons. The van der Waals surface area contributed by atoms with E-state index in [0.29, 0.717) is 17.6 Å². The fourth-order valence-electron chi connectivity index (χ4n) is 4.10. The molecule has 1 saturated heterocycles. The molecular weight excluding hydrogens is 350 g/mol. The van der Waals surface area contributed by atoms with E-state index in [-0.39, 0.29) is 11.8 Å². The van der Waals surface area contributed by atoms with E-state index in [4.69, 9.17) is 5.73 Å². The van der Waals surface area contributed by atoms with Gasteiger partial charge < -0.3 is 10.8 Å². The quantitative estimate of drug-likeness (QED) is 0.757. The van der Waals surface area contributed by atoms with Crippen molar-refractivity contribution in [1.29, 1.82) is 0 Å². The van der Waals surface area contributed by atoms with E-state index in [0.717, 1.165) is 30.8 Å². The van der Waals surface area contributed by atoms with Crippen LogP contribution in [0.4, 0.5) is 0 Å². The van der Waals surface area contributed by atoms with Crippen LogP contribution in [-0.2, 0) is 0 Å². The van der Waals surface area contributed by atoms with Gasteiger partial charge in [-0.2, -0.15) is 0 Å². The van der Waals surface area contributed by atoms with Crippen molar-refractivity contribution >= 4 is 5.91 Å². The summed E-state index contributed by atoms with van der Waals surface area (Å²) in [6.45, 7) is 11.1. The van der Waals surface area contributed by atoms with E-state index in [9.17, 15) is 9.90 Å². The van der Waals surface area contributed by atoms with Crippen LogP contribution in [-0.4, -0.2) is 52.5 Å². The SMILES string of the molecule is C=CCN1C[C@H](C)N([C@H](c2ccc(C(N)=O)cc2)c2cccc(O)c2)C[C@@H]1C. The number of carbonyl (C=O) groups is 1. The standard InChI is InChI=1S/C23H29N3O2/c1-4-12-25-14-17(3)26(15-16(25)2)22(20-6-5-7-21(27)13-20)18-8-10-19(11-9-18)23(24)28/h4-11,13,16-17,22,27H,1,12,14-15H2,2-3H3,(H2,24,28)/t16-,17-,22+/m0/s1. The van der Waals surface area contributed by atoms with E-state index >= 15 is 0 Å². The van der Waals surface area contributed by atoms with Gasteiger partial charge in [-0.25, -0.2) is 0 Å². The number of nitrogens with two attached hydrogens (primary N) is 1. The van der Waals surface area contributed by atoms with Gasteiger partial charge in [-0.15, -0.1) is 6.58 Å². The normalized spacial score (nSPS) is 21.9. The van der Waals surface area contributed by atoms with Crippen LogP contribution in [0.1, 0.15) is 41.4 Å². The molecule has 1 amide bonds. The van der Waals surface area contributed by atoms with Gasteiger partial charge in [0, 0.05) is 37.3 Å². The van der Waals surface area contributed by atoms with Gasteiger partial charge in [0.05, 0.1) is 6.04 Å². The van der Waals surface area contributed by atoms with Crippen LogP contribution in [0.3, 0.4) is 0 Å². The Morgan fingerprint density at radius 2 is 1.89 bits per heavy atom. The van der Waals surface area contributed by atoms with Gasteiger partial charge in [0.1, 0.15) is 5.75 Å². The van der Waals surface area contributed by atoms with Crippen LogP contribution in [0.5, 0.6) is 5.75 Å². The molecule has 5 heteroatoms. The molecule has 5 nitrogen and oxygen atoms in total. The molecule has 0 unspecified atom stereocenters. The highest BCUT2D eigenvalue weighted by Gasteiger charge is 2.34. The number of rotatable bonds is 6. The summed E-state index contributed by atoms with van der Waals surface area (Å²) in [4.78, 5) is 16.4. The maximum atomic E-state index is 11.5. The number of aromatic hydroxyl groups is 1. The van der Waals surface area contributed by atoms with E-state index in [1.54, 1.807) is 18.2 Å². The van der Waals surface area contributed by atoms with Gasteiger partial charge in [0.2, 0.25) is 5.91 Å². The molecule has 0 spiro atoms. The number of carbonyl (C=O) groups excluding carboxylic acids is 1. The molecule has 1 fully saturated rings. The molecule has 3 N–H and O–H groups in total. The Hall–Kier alpha value is -2.63. The van der Waals surface area contributed by atoms with Gasteiger partial charge in [-0.3, -0.25) is 14.6 Å². The second kappa shape index (κ2) is 8.59. The summed E-state index contributed by atoms with van der Waals surface area (Å²) in [5, 5.41) is 10.1. The number of primary amides is 1. The second-order valence-corrected chi connectivity index (χ2v) is 7.62. The average Bonchev–Trinajstić information content (AvgIpc) is 2.66. The number of hydrogen-bond donors (Lipinski definition) is 2. The Kier molecular flexibility index (Phi) is 6.17. The fourth-order valence-corrected chi connectivity index (χ4v) is 4.10. The number of phenolic OH excluding ortho intramolecular Hbond substituents is 1. The third-order valence-electron chi connectivity index (χ3n) is 5.56. The molecule has 0 aliphatic carbocycles. The van der Waals surface area contributed by atoms with Crippen LogP contribution in [0.2, 0.25) is 0 Å². The smallest absolute Gasteiger partial charge is 0.248 e. The molecule has 1 aliphatic rings. The summed E-state index contributed by atoms with van der Waals surface area (Å²) in [5.41, 5.74) is 8.00. The highest BCUT2D eigenvalue weighted by molar-refractivity contribution is 5.92. The van der Waals surface area contributed by atoms with Gasteiger partial charge in [0.15, 0.2) is 0 Å². The molecule has 1 heterocycles. The zero-order chi connectivity index (χ0) is 20.3. The second-order valence-electron chi connectivity index (χ2n) is 7.62. The molecule has 28 heavy (non-hydrogen) atoms. The van der Waals surface area contributed by atoms with Gasteiger partial charge in [-0.05, 0) is 49.2 Å². The monoisotopic (exact) mass is 379 g/mol. The van der Waals surface area contributed by atoms with Gasteiger partial charge >= 0.3 is 0 Å². The lowest BCUT2D eigenvalue weighted by molar-refractivity contribution is 0.0306. The van der Waals surface area contributed by atoms with Crippen molar-refractivity contribution in [2.45, 2.75) is 32.0 Å². The first-order valence-corrected chi connectivity index (χ1v) is 9.70. The van der Waals surface area contributed by atoms with Crippen LogP contribution in [0.15, 0.2) is 61.2 Å². The summed E-state index contributed by atoms with van der Waals surface area (Å²) in [5.74, 6) is -0.178. The number of hydrogen-bond acceptors (Lipinski definition) is 4. The summed E-state index contributed by atoms with van der Waals surface area (Å²) in [6, 6.07) is 15.6. The van der Waals surface area contributed by atoms with E-state index in [1.807, 2.05) is 36.4 Å². The van der Waals surface area contributed by atoms with Crippen molar-refractivity contribution in [1.82, 2.24) is 9.80 Å². The summed E-state index contributed by atoms with van der Waals surface area (Å²) in [6.07, 6.45) is 1.95. The maximum absolute atomic E-state index is 11.5. The lowest BCUT2D eigenvalue weighted by atomic mass is 9.92. The van der Waals surface area contributed by atoms with Crippen LogP contribution >= 0.6 is 0 Å². The van der Waals surface area contributed by atoms with Crippen molar-refractivity contribution < 1.29 is 9.90 Å². The predicted molar refractivity (Wildman–Crippen MR) is 112 cm³/mol. The summed E-state index contributed by atoms with van der Waals surface area (Å²) in [7, 11) is 0. The Morgan fingerprint density at radius 1 is 1.18 bits per heavy atom. The van der Waals surface area contributed by atoms with Crippen LogP contribution < -0.4 is 5.73 Å². The summed E-state index contributed by atoms with van der Waals surface area (Å²) >= 11 is 0. The molecule has 3 atom stereocenters. The molecule has 0 bridgehead atoms. The molecule has 0 radical (unpaired) electrons. The first-order valence-electron chi connectivity index (χ1n) is 9.70.